The highest BCUT2D eigenvalue weighted by Gasteiger charge is 2.24. The first-order valence-corrected chi connectivity index (χ1v) is 12.8. The van der Waals surface area contributed by atoms with E-state index in [4.69, 9.17) is 9.97 Å². The van der Waals surface area contributed by atoms with Crippen LogP contribution in [0, 0.1) is 0 Å². The van der Waals surface area contributed by atoms with E-state index in [0.717, 1.165) is 48.1 Å². The van der Waals surface area contributed by atoms with E-state index in [9.17, 15) is 14.7 Å². The number of carboxylic acid groups (broad SMARTS) is 1. The highest BCUT2D eigenvalue weighted by molar-refractivity contribution is 6.06. The van der Waals surface area contributed by atoms with Gasteiger partial charge < -0.3 is 20.2 Å². The van der Waals surface area contributed by atoms with Crippen molar-refractivity contribution in [2.24, 2.45) is 0 Å². The van der Waals surface area contributed by atoms with Crippen molar-refractivity contribution in [3.63, 3.8) is 0 Å². The van der Waals surface area contributed by atoms with Crippen LogP contribution in [0.3, 0.4) is 0 Å². The summed E-state index contributed by atoms with van der Waals surface area (Å²) in [6.07, 6.45) is 2.50. The maximum Gasteiger partial charge on any atom is 0.308 e. The van der Waals surface area contributed by atoms with Crippen molar-refractivity contribution >= 4 is 40.0 Å². The van der Waals surface area contributed by atoms with Gasteiger partial charge in [0.1, 0.15) is 17.5 Å². The van der Waals surface area contributed by atoms with Gasteiger partial charge in [0.2, 0.25) is 0 Å². The second-order valence-corrected chi connectivity index (χ2v) is 9.81. The molecule has 8 heteroatoms. The van der Waals surface area contributed by atoms with Crippen LogP contribution in [0.2, 0.25) is 0 Å². The molecular weight excluding hydrogens is 478 g/mol. The summed E-state index contributed by atoms with van der Waals surface area (Å²) in [5.74, 6) is 0.937. The predicted molar refractivity (Wildman–Crippen MR) is 150 cm³/mol. The Balaban J connectivity index is 1.35. The summed E-state index contributed by atoms with van der Waals surface area (Å²) in [5, 5.41) is 14.6. The summed E-state index contributed by atoms with van der Waals surface area (Å²) in [7, 11) is 3.75. The molecule has 8 nitrogen and oxygen atoms in total. The van der Waals surface area contributed by atoms with Crippen LogP contribution in [0.4, 0.5) is 17.3 Å². The van der Waals surface area contributed by atoms with Crippen molar-refractivity contribution in [2.75, 3.05) is 42.3 Å². The molecule has 194 valence electrons. The largest absolute Gasteiger partial charge is 0.481 e. The van der Waals surface area contributed by atoms with Crippen molar-refractivity contribution in [1.29, 1.82) is 0 Å². The van der Waals surface area contributed by atoms with Gasteiger partial charge in [-0.15, -0.1) is 0 Å². The highest BCUT2D eigenvalue weighted by atomic mass is 16.4. The number of nitrogens with one attached hydrogen (secondary N) is 1. The number of carboxylic acids is 1. The molecule has 38 heavy (non-hydrogen) atoms. The van der Waals surface area contributed by atoms with E-state index in [1.54, 1.807) is 0 Å². The van der Waals surface area contributed by atoms with Gasteiger partial charge in [-0.2, -0.15) is 0 Å². The summed E-state index contributed by atoms with van der Waals surface area (Å²) in [4.78, 5) is 38.0. The minimum absolute atomic E-state index is 0.120. The van der Waals surface area contributed by atoms with Gasteiger partial charge >= 0.3 is 5.97 Å². The molecule has 0 spiro atoms. The van der Waals surface area contributed by atoms with Crippen molar-refractivity contribution in [1.82, 2.24) is 9.97 Å². The molecule has 0 atom stereocenters. The second kappa shape index (κ2) is 10.9. The summed E-state index contributed by atoms with van der Waals surface area (Å²) in [6, 6.07) is 21.3. The van der Waals surface area contributed by atoms with Crippen molar-refractivity contribution in [3.8, 4) is 0 Å². The number of aromatic nitrogens is 2. The molecule has 0 radical (unpaired) electrons. The number of benzene rings is 3. The number of rotatable bonds is 8. The summed E-state index contributed by atoms with van der Waals surface area (Å²) >= 11 is 0. The third-order valence-corrected chi connectivity index (χ3v) is 6.75. The lowest BCUT2D eigenvalue weighted by Crippen LogP contribution is -2.26. The Kier molecular flexibility index (Phi) is 7.22. The molecular formula is C30H31N5O3. The monoisotopic (exact) mass is 509 g/mol. The number of anilines is 3. The summed E-state index contributed by atoms with van der Waals surface area (Å²) in [6.45, 7) is 1.73. The Labute approximate surface area is 221 Å². The van der Waals surface area contributed by atoms with Crippen molar-refractivity contribution in [2.45, 2.75) is 25.7 Å². The number of carbonyl (C=O) groups is 2. The number of nitrogens with zero attached hydrogens (tertiary/aromatic N) is 4. The van der Waals surface area contributed by atoms with Crippen LogP contribution in [-0.2, 0) is 17.6 Å². The summed E-state index contributed by atoms with van der Waals surface area (Å²) < 4.78 is 0. The molecule has 0 saturated carbocycles. The molecule has 2 heterocycles. The Morgan fingerprint density at radius 2 is 1.66 bits per heavy atom. The van der Waals surface area contributed by atoms with Crippen LogP contribution in [0.25, 0.3) is 10.8 Å². The predicted octanol–water partition coefficient (Wildman–Crippen LogP) is 4.77. The molecule has 1 fully saturated rings. The molecule has 0 aliphatic carbocycles. The Bertz CT molecular complexity index is 1480. The van der Waals surface area contributed by atoms with Crippen molar-refractivity contribution in [3.05, 3.63) is 89.2 Å². The number of hydrogen-bond acceptors (Lipinski definition) is 6. The van der Waals surface area contributed by atoms with E-state index in [0.29, 0.717) is 34.9 Å². The molecule has 3 aromatic carbocycles. The third-order valence-electron chi connectivity index (χ3n) is 6.75. The molecule has 0 unspecified atom stereocenters. The molecule has 1 aliphatic rings. The van der Waals surface area contributed by atoms with Gasteiger partial charge in [-0.05, 0) is 53.4 Å². The molecule has 0 bridgehead atoms. The van der Waals surface area contributed by atoms with E-state index < -0.39 is 5.97 Å². The quantitative estimate of drug-likeness (QED) is 0.353. The summed E-state index contributed by atoms with van der Waals surface area (Å²) in [5.41, 5.74) is 2.96. The normalized spacial score (nSPS) is 13.1. The van der Waals surface area contributed by atoms with Crippen LogP contribution < -0.4 is 15.1 Å². The Morgan fingerprint density at radius 3 is 2.34 bits per heavy atom. The fourth-order valence-corrected chi connectivity index (χ4v) is 4.88. The second-order valence-electron chi connectivity index (χ2n) is 9.81. The number of aliphatic carboxylic acids is 1. The minimum atomic E-state index is -0.897. The molecule has 5 rings (SSSR count). The lowest BCUT2D eigenvalue weighted by Gasteiger charge is -2.24. The van der Waals surface area contributed by atoms with E-state index >= 15 is 0 Å². The topological polar surface area (TPSA) is 98.7 Å². The van der Waals surface area contributed by atoms with Crippen LogP contribution >= 0.6 is 0 Å². The number of hydrogen-bond donors (Lipinski definition) is 2. The molecule has 1 aliphatic heterocycles. The SMILES string of the molecule is CN(C)c1nc(Cc2ccc(NC(=O)c3ccc4ccccc4c3)cc2)nc(N2CCCC2)c1CC(=O)O. The lowest BCUT2D eigenvalue weighted by molar-refractivity contribution is -0.136. The van der Waals surface area contributed by atoms with Gasteiger partial charge in [0.15, 0.2) is 0 Å². The van der Waals surface area contributed by atoms with Gasteiger partial charge in [0.25, 0.3) is 5.91 Å². The van der Waals surface area contributed by atoms with Gasteiger partial charge in [0.05, 0.1) is 6.42 Å². The first-order chi connectivity index (χ1) is 18.4. The average molecular weight is 510 g/mol. The standard InChI is InChI=1S/C30H31N5O3/c1-34(2)28-25(19-27(36)37)29(35-15-5-6-16-35)33-26(32-28)17-20-9-13-24(14-10-20)31-30(38)23-12-11-21-7-3-4-8-22(21)18-23/h3-4,7-14,18H,5-6,15-17,19H2,1-2H3,(H,31,38)(H,36,37). The number of amides is 1. The van der Waals surface area contributed by atoms with Gasteiger partial charge in [-0.3, -0.25) is 9.59 Å². The van der Waals surface area contributed by atoms with Gasteiger partial charge in [0, 0.05) is 50.4 Å². The fraction of sp³-hybridized carbons (Fsp3) is 0.267. The molecule has 2 N–H and O–H groups in total. The van der Waals surface area contributed by atoms with E-state index in [1.165, 1.54) is 0 Å². The first kappa shape index (κ1) is 25.2. The van der Waals surface area contributed by atoms with Gasteiger partial charge in [-0.1, -0.05) is 42.5 Å². The van der Waals surface area contributed by atoms with Gasteiger partial charge in [-0.25, -0.2) is 9.97 Å². The average Bonchev–Trinajstić information content (AvgIpc) is 3.44. The zero-order chi connectivity index (χ0) is 26.6. The molecule has 4 aromatic rings. The Hall–Kier alpha value is -4.46. The first-order valence-electron chi connectivity index (χ1n) is 12.8. The van der Waals surface area contributed by atoms with Crippen molar-refractivity contribution < 1.29 is 14.7 Å². The lowest BCUT2D eigenvalue weighted by atomic mass is 10.1. The number of fused-ring (bicyclic) bond motifs is 1. The zero-order valence-electron chi connectivity index (χ0n) is 21.6. The smallest absolute Gasteiger partial charge is 0.308 e. The highest BCUT2D eigenvalue weighted by Crippen LogP contribution is 2.30. The Morgan fingerprint density at radius 1 is 0.947 bits per heavy atom. The van der Waals surface area contributed by atoms with Crippen LogP contribution in [0.1, 0.15) is 40.2 Å². The van der Waals surface area contributed by atoms with E-state index in [1.807, 2.05) is 85.7 Å². The molecule has 1 saturated heterocycles. The van der Waals surface area contributed by atoms with E-state index in [2.05, 4.69) is 10.2 Å². The third kappa shape index (κ3) is 5.59. The minimum Gasteiger partial charge on any atom is -0.481 e. The van der Waals surface area contributed by atoms with Crippen LogP contribution in [0.5, 0.6) is 0 Å². The zero-order valence-corrected chi connectivity index (χ0v) is 21.6. The maximum atomic E-state index is 12.8. The fourth-order valence-electron chi connectivity index (χ4n) is 4.88. The number of carbonyl (C=O) groups excluding carboxylic acids is 1. The van der Waals surface area contributed by atoms with Crippen LogP contribution in [-0.4, -0.2) is 54.1 Å². The molecule has 1 aromatic heterocycles. The van der Waals surface area contributed by atoms with E-state index in [-0.39, 0.29) is 12.3 Å². The molecule has 1 amide bonds. The van der Waals surface area contributed by atoms with Crippen LogP contribution in [0.15, 0.2) is 66.7 Å². The maximum absolute atomic E-state index is 12.8.